The molecule has 1 aliphatic heterocycles. The zero-order chi connectivity index (χ0) is 22.6. The van der Waals surface area contributed by atoms with Gasteiger partial charge in [0.05, 0.1) is 31.1 Å². The average Bonchev–Trinajstić information content (AvgIpc) is 3.57. The lowest BCUT2D eigenvalue weighted by Gasteiger charge is -2.26. The molecule has 3 heterocycles. The fourth-order valence-corrected chi connectivity index (χ4v) is 3.93. The molecule has 1 saturated carbocycles. The Balaban J connectivity index is 1.24. The fourth-order valence-electron chi connectivity index (χ4n) is 3.93. The number of ether oxygens (including phenoxy) is 1. The molecule has 1 aromatic carbocycles. The summed E-state index contributed by atoms with van der Waals surface area (Å²) in [6.45, 7) is 3.73. The van der Waals surface area contributed by atoms with Crippen molar-refractivity contribution in [2.75, 3.05) is 31.6 Å². The van der Waals surface area contributed by atoms with Gasteiger partial charge in [-0.25, -0.2) is 4.39 Å². The van der Waals surface area contributed by atoms with Crippen LogP contribution in [-0.4, -0.2) is 51.9 Å². The van der Waals surface area contributed by atoms with E-state index in [9.17, 15) is 9.18 Å². The van der Waals surface area contributed by atoms with E-state index in [1.54, 1.807) is 24.5 Å². The Kier molecular flexibility index (Phi) is 6.28. The van der Waals surface area contributed by atoms with Crippen LogP contribution in [0.1, 0.15) is 30.0 Å². The van der Waals surface area contributed by atoms with Gasteiger partial charge >= 0.3 is 0 Å². The predicted octanol–water partition coefficient (Wildman–Crippen LogP) is 3.90. The zero-order valence-electron chi connectivity index (χ0n) is 18.3. The van der Waals surface area contributed by atoms with E-state index in [4.69, 9.17) is 4.74 Å². The molecule has 5 rings (SSSR count). The number of anilines is 1. The molecule has 1 amide bonds. The first kappa shape index (κ1) is 21.5. The lowest BCUT2D eigenvalue weighted by molar-refractivity contribution is -0.111. The zero-order valence-corrected chi connectivity index (χ0v) is 18.3. The Labute approximate surface area is 191 Å². The third-order valence-electron chi connectivity index (χ3n) is 5.90. The summed E-state index contributed by atoms with van der Waals surface area (Å²) in [5.41, 5.74) is 3.75. The van der Waals surface area contributed by atoms with Gasteiger partial charge in [-0.2, -0.15) is 5.10 Å². The van der Waals surface area contributed by atoms with Crippen LogP contribution in [0.4, 0.5) is 10.1 Å². The summed E-state index contributed by atoms with van der Waals surface area (Å²) in [5.74, 6) is -0.852. The molecule has 0 spiro atoms. The number of benzene rings is 1. The molecule has 1 N–H and O–H groups in total. The van der Waals surface area contributed by atoms with Crippen LogP contribution < -0.4 is 5.32 Å². The van der Waals surface area contributed by atoms with Crippen molar-refractivity contribution < 1.29 is 13.9 Å². The molecule has 7 nitrogen and oxygen atoms in total. The van der Waals surface area contributed by atoms with Crippen LogP contribution in [0.3, 0.4) is 0 Å². The highest BCUT2D eigenvalue weighted by molar-refractivity contribution is 6.02. The SMILES string of the molecule is O=C(C=Cc1cnccc1-c1cnn(C2CC2)c1)Nc1ccc(CN2CCOCC2)cc1F. The van der Waals surface area contributed by atoms with Gasteiger partial charge in [-0.1, -0.05) is 6.07 Å². The van der Waals surface area contributed by atoms with E-state index in [0.717, 1.165) is 48.2 Å². The summed E-state index contributed by atoms with van der Waals surface area (Å²) in [4.78, 5) is 18.9. The van der Waals surface area contributed by atoms with Crippen molar-refractivity contribution in [3.63, 3.8) is 0 Å². The topological polar surface area (TPSA) is 72.3 Å². The van der Waals surface area contributed by atoms with Crippen LogP contribution in [0.5, 0.6) is 0 Å². The molecule has 8 heteroatoms. The normalized spacial score (nSPS) is 16.9. The first-order valence-corrected chi connectivity index (χ1v) is 11.2. The second-order valence-corrected chi connectivity index (χ2v) is 8.43. The highest BCUT2D eigenvalue weighted by atomic mass is 19.1. The van der Waals surface area contributed by atoms with Gasteiger partial charge in [-0.05, 0) is 48.2 Å². The summed E-state index contributed by atoms with van der Waals surface area (Å²) in [7, 11) is 0. The Bertz CT molecular complexity index is 1170. The summed E-state index contributed by atoms with van der Waals surface area (Å²) < 4.78 is 21.9. The number of nitrogens with zero attached hydrogens (tertiary/aromatic N) is 4. The molecule has 3 aromatic rings. The molecular formula is C25H26FN5O2. The largest absolute Gasteiger partial charge is 0.379 e. The molecule has 0 unspecified atom stereocenters. The lowest BCUT2D eigenvalue weighted by atomic mass is 10.0. The number of carbonyl (C=O) groups excluding carboxylic acids is 1. The number of pyridine rings is 1. The van der Waals surface area contributed by atoms with E-state index in [1.807, 2.05) is 29.2 Å². The number of hydrogen-bond donors (Lipinski definition) is 1. The van der Waals surface area contributed by atoms with Gasteiger partial charge in [0, 0.05) is 55.4 Å². The van der Waals surface area contributed by atoms with Crippen LogP contribution in [0.15, 0.2) is 55.1 Å². The molecule has 0 bridgehead atoms. The minimum Gasteiger partial charge on any atom is -0.379 e. The molecule has 1 aliphatic carbocycles. The maximum Gasteiger partial charge on any atom is 0.248 e. The van der Waals surface area contributed by atoms with E-state index in [-0.39, 0.29) is 5.69 Å². The summed E-state index contributed by atoms with van der Waals surface area (Å²) in [6.07, 6.45) is 12.7. The molecule has 0 atom stereocenters. The van der Waals surface area contributed by atoms with E-state index >= 15 is 0 Å². The number of aromatic nitrogens is 3. The monoisotopic (exact) mass is 447 g/mol. The first-order valence-electron chi connectivity index (χ1n) is 11.2. The van der Waals surface area contributed by atoms with Gasteiger partial charge in [0.1, 0.15) is 5.82 Å². The highest BCUT2D eigenvalue weighted by Gasteiger charge is 2.24. The van der Waals surface area contributed by atoms with Crippen LogP contribution in [0.2, 0.25) is 0 Å². The Morgan fingerprint density at radius 2 is 2.06 bits per heavy atom. The second-order valence-electron chi connectivity index (χ2n) is 8.43. The molecule has 2 aliphatic rings. The Morgan fingerprint density at radius 1 is 1.21 bits per heavy atom. The van der Waals surface area contributed by atoms with Crippen molar-refractivity contribution in [2.45, 2.75) is 25.4 Å². The number of nitrogens with one attached hydrogen (secondary N) is 1. The van der Waals surface area contributed by atoms with E-state index in [1.165, 1.54) is 12.1 Å². The van der Waals surface area contributed by atoms with Crippen molar-refractivity contribution >= 4 is 17.7 Å². The maximum atomic E-state index is 14.6. The number of halogens is 1. The lowest BCUT2D eigenvalue weighted by Crippen LogP contribution is -2.35. The molecule has 1 saturated heterocycles. The van der Waals surface area contributed by atoms with Crippen molar-refractivity contribution in [1.82, 2.24) is 19.7 Å². The number of morpholine rings is 1. The third kappa shape index (κ3) is 5.35. The van der Waals surface area contributed by atoms with Crippen LogP contribution in [0, 0.1) is 5.82 Å². The average molecular weight is 448 g/mol. The molecule has 33 heavy (non-hydrogen) atoms. The molecule has 2 fully saturated rings. The van der Waals surface area contributed by atoms with Gasteiger partial charge in [0.15, 0.2) is 0 Å². The molecule has 2 aromatic heterocycles. The quantitative estimate of drug-likeness (QED) is 0.556. The number of amides is 1. The van der Waals surface area contributed by atoms with Crippen LogP contribution in [0.25, 0.3) is 17.2 Å². The van der Waals surface area contributed by atoms with Crippen LogP contribution in [-0.2, 0) is 16.1 Å². The van der Waals surface area contributed by atoms with Gasteiger partial charge in [0.25, 0.3) is 0 Å². The van der Waals surface area contributed by atoms with Gasteiger partial charge in [0.2, 0.25) is 5.91 Å². The standard InChI is InChI=1S/C25H26FN5O2/c26-23-13-18(16-30-9-11-33-12-10-30)1-5-24(23)29-25(32)6-2-19-14-27-8-7-22(19)20-15-28-31(17-20)21-3-4-21/h1-2,5-8,13-15,17,21H,3-4,9-12,16H2,(H,29,32). The number of hydrogen-bond acceptors (Lipinski definition) is 5. The van der Waals surface area contributed by atoms with Gasteiger partial charge in [-0.3, -0.25) is 19.4 Å². The number of rotatable bonds is 7. The van der Waals surface area contributed by atoms with E-state index in [2.05, 4.69) is 20.3 Å². The number of carbonyl (C=O) groups is 1. The van der Waals surface area contributed by atoms with E-state index < -0.39 is 11.7 Å². The predicted molar refractivity (Wildman–Crippen MR) is 124 cm³/mol. The Morgan fingerprint density at radius 3 is 2.85 bits per heavy atom. The highest BCUT2D eigenvalue weighted by Crippen LogP contribution is 2.35. The van der Waals surface area contributed by atoms with Crippen molar-refractivity contribution in [1.29, 1.82) is 0 Å². The van der Waals surface area contributed by atoms with Crippen molar-refractivity contribution in [3.8, 4) is 11.1 Å². The fraction of sp³-hybridized carbons (Fsp3) is 0.320. The van der Waals surface area contributed by atoms with Gasteiger partial charge < -0.3 is 10.1 Å². The smallest absolute Gasteiger partial charge is 0.248 e. The first-order chi connectivity index (χ1) is 16.2. The summed E-state index contributed by atoms with van der Waals surface area (Å²) in [5, 5.41) is 7.07. The van der Waals surface area contributed by atoms with Crippen molar-refractivity contribution in [2.24, 2.45) is 0 Å². The van der Waals surface area contributed by atoms with Gasteiger partial charge in [-0.15, -0.1) is 0 Å². The molecule has 0 radical (unpaired) electrons. The maximum absolute atomic E-state index is 14.6. The molecule has 170 valence electrons. The second kappa shape index (κ2) is 9.64. The van der Waals surface area contributed by atoms with Crippen molar-refractivity contribution in [3.05, 3.63) is 72.1 Å². The summed E-state index contributed by atoms with van der Waals surface area (Å²) in [6, 6.07) is 7.33. The summed E-state index contributed by atoms with van der Waals surface area (Å²) >= 11 is 0. The van der Waals surface area contributed by atoms with E-state index in [0.29, 0.717) is 25.8 Å². The van der Waals surface area contributed by atoms with Crippen LogP contribution >= 0.6 is 0 Å². The third-order valence-corrected chi connectivity index (χ3v) is 5.90. The minimum absolute atomic E-state index is 0.160. The Hall–Kier alpha value is -3.36. The molecular weight excluding hydrogens is 421 g/mol. The minimum atomic E-state index is -0.447.